The first-order chi connectivity index (χ1) is 12.3. The summed E-state index contributed by atoms with van der Waals surface area (Å²) in [7, 11) is 1.89. The number of allylic oxidation sites excluding steroid dienone is 2. The lowest BCUT2D eigenvalue weighted by molar-refractivity contribution is -0.137. The van der Waals surface area contributed by atoms with E-state index in [1.54, 1.807) is 0 Å². The fourth-order valence-electron chi connectivity index (χ4n) is 4.31. The van der Waals surface area contributed by atoms with E-state index < -0.39 is 5.41 Å². The van der Waals surface area contributed by atoms with Crippen molar-refractivity contribution < 1.29 is 9.59 Å². The van der Waals surface area contributed by atoms with Gasteiger partial charge >= 0.3 is 0 Å². The third kappa shape index (κ3) is 3.84. The van der Waals surface area contributed by atoms with Crippen molar-refractivity contribution in [2.24, 2.45) is 23.0 Å². The van der Waals surface area contributed by atoms with Gasteiger partial charge in [0.15, 0.2) is 5.78 Å². The molecule has 0 aliphatic heterocycles. The summed E-state index contributed by atoms with van der Waals surface area (Å²) >= 11 is 0. The topological polar surface area (TPSA) is 63.4 Å². The van der Waals surface area contributed by atoms with Crippen LogP contribution in [0.2, 0.25) is 0 Å². The summed E-state index contributed by atoms with van der Waals surface area (Å²) in [5, 5.41) is 0. The zero-order valence-corrected chi connectivity index (χ0v) is 16.1. The van der Waals surface area contributed by atoms with E-state index in [1.165, 1.54) is 5.56 Å². The number of nitrogens with two attached hydrogens (primary N) is 1. The van der Waals surface area contributed by atoms with Crippen LogP contribution in [0.25, 0.3) is 0 Å². The van der Waals surface area contributed by atoms with Crippen LogP contribution in [0.5, 0.6) is 0 Å². The van der Waals surface area contributed by atoms with Crippen molar-refractivity contribution in [1.29, 1.82) is 0 Å². The van der Waals surface area contributed by atoms with Gasteiger partial charge in [0.1, 0.15) is 0 Å². The average molecular weight is 354 g/mol. The summed E-state index contributed by atoms with van der Waals surface area (Å²) in [6.07, 6.45) is 5.44. The van der Waals surface area contributed by atoms with E-state index in [0.717, 1.165) is 25.7 Å². The normalized spacial score (nSPS) is 27.4. The van der Waals surface area contributed by atoms with Gasteiger partial charge in [-0.1, -0.05) is 50.3 Å². The van der Waals surface area contributed by atoms with E-state index in [9.17, 15) is 9.59 Å². The van der Waals surface area contributed by atoms with Crippen LogP contribution in [0.15, 0.2) is 42.1 Å². The molecule has 0 heterocycles. The maximum atomic E-state index is 12.7. The van der Waals surface area contributed by atoms with E-state index in [2.05, 4.69) is 24.3 Å². The monoisotopic (exact) mass is 354 g/mol. The molecule has 2 aliphatic carbocycles. The quantitative estimate of drug-likeness (QED) is 0.880. The smallest absolute Gasteiger partial charge is 0.225 e. The van der Waals surface area contributed by atoms with Crippen LogP contribution in [-0.4, -0.2) is 30.2 Å². The second-order valence-electron chi connectivity index (χ2n) is 8.62. The molecule has 26 heavy (non-hydrogen) atoms. The largest absolute Gasteiger partial charge is 0.396 e. The number of Topliss-reactive ketones (excluding diaryl/α,β-unsaturated/α-hetero) is 1. The highest BCUT2D eigenvalue weighted by Crippen LogP contribution is 2.42. The fourth-order valence-corrected chi connectivity index (χ4v) is 4.31. The molecular weight excluding hydrogens is 324 g/mol. The molecule has 1 amide bonds. The predicted molar refractivity (Wildman–Crippen MR) is 103 cm³/mol. The number of rotatable bonds is 5. The Morgan fingerprint density at radius 3 is 2.50 bits per heavy atom. The summed E-state index contributed by atoms with van der Waals surface area (Å²) in [5.41, 5.74) is 7.21. The second-order valence-corrected chi connectivity index (χ2v) is 8.62. The second kappa shape index (κ2) is 7.26. The lowest BCUT2D eigenvalue weighted by Gasteiger charge is -2.37. The van der Waals surface area contributed by atoms with E-state index in [0.29, 0.717) is 18.2 Å². The molecule has 4 heteroatoms. The van der Waals surface area contributed by atoms with Crippen LogP contribution in [0.3, 0.4) is 0 Å². The minimum Gasteiger partial charge on any atom is -0.396 e. The lowest BCUT2D eigenvalue weighted by Crippen LogP contribution is -2.41. The van der Waals surface area contributed by atoms with Crippen LogP contribution in [-0.2, 0) is 9.59 Å². The summed E-state index contributed by atoms with van der Waals surface area (Å²) in [4.78, 5) is 26.6. The molecule has 1 aromatic carbocycles. The number of carbonyl (C=O) groups is 2. The molecule has 0 saturated heterocycles. The molecule has 2 aliphatic rings. The molecular formula is C22H30N2O2. The Bertz CT molecular complexity index is 702. The number of carbonyl (C=O) groups excluding carboxylic acids is 2. The highest BCUT2D eigenvalue weighted by molar-refractivity contribution is 5.99. The fraction of sp³-hybridized carbons (Fsp3) is 0.545. The standard InChI is InChI=1S/C22H30N2O2/c1-22(2)14-15(11-19(23)20(22)25)9-10-24(3)21(26)18-12-17(13-18)16-7-5-4-6-8-16/h4-8,11,15,17-18H,9-10,12-14,23H2,1-3H3. The number of nitrogens with zero attached hydrogens (tertiary/aromatic N) is 1. The first kappa shape index (κ1) is 18.7. The van der Waals surface area contributed by atoms with E-state index in [4.69, 9.17) is 5.73 Å². The first-order valence-electron chi connectivity index (χ1n) is 9.60. The highest BCUT2D eigenvalue weighted by Gasteiger charge is 2.38. The van der Waals surface area contributed by atoms with Crippen LogP contribution in [0.1, 0.15) is 51.0 Å². The SMILES string of the molecule is CN(CCC1C=C(N)C(=O)C(C)(C)C1)C(=O)C1CC(c2ccccc2)C1. The maximum absolute atomic E-state index is 12.7. The minimum atomic E-state index is -0.400. The number of hydrogen-bond acceptors (Lipinski definition) is 3. The van der Waals surface area contributed by atoms with Crippen LogP contribution >= 0.6 is 0 Å². The van der Waals surface area contributed by atoms with Crippen molar-refractivity contribution in [3.05, 3.63) is 47.7 Å². The van der Waals surface area contributed by atoms with Crippen LogP contribution in [0.4, 0.5) is 0 Å². The average Bonchev–Trinajstić information content (AvgIpc) is 2.56. The molecule has 3 rings (SSSR count). The zero-order valence-electron chi connectivity index (χ0n) is 16.1. The summed E-state index contributed by atoms with van der Waals surface area (Å²) in [6, 6.07) is 10.5. The van der Waals surface area contributed by atoms with E-state index in [-0.39, 0.29) is 23.5 Å². The van der Waals surface area contributed by atoms with Gasteiger partial charge in [0, 0.05) is 24.9 Å². The number of hydrogen-bond donors (Lipinski definition) is 1. The third-order valence-corrected chi connectivity index (χ3v) is 6.03. The Morgan fingerprint density at radius 2 is 1.88 bits per heavy atom. The molecule has 0 spiro atoms. The number of benzene rings is 1. The van der Waals surface area contributed by atoms with Gasteiger partial charge in [-0.05, 0) is 43.1 Å². The molecule has 1 aromatic rings. The molecule has 1 unspecified atom stereocenters. The van der Waals surface area contributed by atoms with Crippen molar-refractivity contribution >= 4 is 11.7 Å². The summed E-state index contributed by atoms with van der Waals surface area (Å²) in [5.74, 6) is 1.22. The molecule has 1 fully saturated rings. The zero-order chi connectivity index (χ0) is 18.9. The summed E-state index contributed by atoms with van der Waals surface area (Å²) < 4.78 is 0. The van der Waals surface area contributed by atoms with Crippen molar-refractivity contribution in [2.75, 3.05) is 13.6 Å². The predicted octanol–water partition coefficient (Wildman–Crippen LogP) is 3.49. The van der Waals surface area contributed by atoms with Crippen molar-refractivity contribution in [3.63, 3.8) is 0 Å². The maximum Gasteiger partial charge on any atom is 0.225 e. The van der Waals surface area contributed by atoms with E-state index >= 15 is 0 Å². The van der Waals surface area contributed by atoms with Crippen molar-refractivity contribution in [1.82, 2.24) is 4.90 Å². The molecule has 0 bridgehead atoms. The van der Waals surface area contributed by atoms with Crippen molar-refractivity contribution in [3.8, 4) is 0 Å². The van der Waals surface area contributed by atoms with Crippen molar-refractivity contribution in [2.45, 2.75) is 45.4 Å². The number of ketones is 1. The Labute approximate surface area is 156 Å². The molecule has 2 N–H and O–H groups in total. The minimum absolute atomic E-state index is 0.0413. The van der Waals surface area contributed by atoms with Gasteiger partial charge in [-0.15, -0.1) is 0 Å². The highest BCUT2D eigenvalue weighted by atomic mass is 16.2. The number of amides is 1. The van der Waals surface area contributed by atoms with Gasteiger partial charge in [0.2, 0.25) is 5.91 Å². The van der Waals surface area contributed by atoms with Gasteiger partial charge in [-0.3, -0.25) is 9.59 Å². The molecule has 140 valence electrons. The van der Waals surface area contributed by atoms with Gasteiger partial charge < -0.3 is 10.6 Å². The van der Waals surface area contributed by atoms with Gasteiger partial charge in [-0.2, -0.15) is 0 Å². The van der Waals surface area contributed by atoms with Gasteiger partial charge in [0.25, 0.3) is 0 Å². The van der Waals surface area contributed by atoms with E-state index in [1.807, 2.05) is 37.9 Å². The Hall–Kier alpha value is -2.10. The molecule has 1 saturated carbocycles. The molecule has 0 aromatic heterocycles. The molecule has 0 radical (unpaired) electrons. The molecule has 4 nitrogen and oxygen atoms in total. The lowest BCUT2D eigenvalue weighted by atomic mass is 9.70. The van der Waals surface area contributed by atoms with Gasteiger partial charge in [0.05, 0.1) is 5.70 Å². The Balaban J connectivity index is 1.48. The van der Waals surface area contributed by atoms with Gasteiger partial charge in [-0.25, -0.2) is 0 Å². The van der Waals surface area contributed by atoms with Crippen LogP contribution in [0, 0.1) is 17.3 Å². The summed E-state index contributed by atoms with van der Waals surface area (Å²) in [6.45, 7) is 4.62. The third-order valence-electron chi connectivity index (χ3n) is 6.03. The molecule has 1 atom stereocenters. The first-order valence-corrected chi connectivity index (χ1v) is 9.60. The Kier molecular flexibility index (Phi) is 5.22. The van der Waals surface area contributed by atoms with Crippen LogP contribution < -0.4 is 5.73 Å². The Morgan fingerprint density at radius 1 is 1.23 bits per heavy atom.